The fourth-order valence-corrected chi connectivity index (χ4v) is 2.47. The van der Waals surface area contributed by atoms with Gasteiger partial charge in [-0.3, -0.25) is 4.99 Å². The summed E-state index contributed by atoms with van der Waals surface area (Å²) in [6.07, 6.45) is 2.28. The number of halogens is 3. The standard InChI is InChI=1S/C17H25F2N3O2.HI/c1-20-17(21-8-3-10-24-13-7-11-23-12-13)22-9-6-14-15(18)4-2-5-16(14)19;/h2,4-5,13H,3,6-12H2,1H3,(H2,20,21,22);1H. The molecule has 0 spiro atoms. The first-order valence-electron chi connectivity index (χ1n) is 8.27. The van der Waals surface area contributed by atoms with Crippen LogP contribution in [0.5, 0.6) is 0 Å². The number of hydrogen-bond acceptors (Lipinski definition) is 3. The first kappa shape index (κ1) is 22.0. The third-order valence-corrected chi connectivity index (χ3v) is 3.81. The van der Waals surface area contributed by atoms with E-state index in [0.717, 1.165) is 19.4 Å². The third kappa shape index (κ3) is 7.83. The Morgan fingerprint density at radius 1 is 1.28 bits per heavy atom. The van der Waals surface area contributed by atoms with Gasteiger partial charge >= 0.3 is 0 Å². The minimum Gasteiger partial charge on any atom is -0.379 e. The molecule has 1 fully saturated rings. The van der Waals surface area contributed by atoms with Gasteiger partial charge in [0, 0.05) is 38.9 Å². The fraction of sp³-hybridized carbons (Fsp3) is 0.588. The Morgan fingerprint density at radius 3 is 2.64 bits per heavy atom. The molecule has 1 unspecified atom stereocenters. The molecule has 0 bridgehead atoms. The predicted octanol–water partition coefficient (Wildman–Crippen LogP) is 2.49. The van der Waals surface area contributed by atoms with E-state index in [1.807, 2.05) is 0 Å². The van der Waals surface area contributed by atoms with E-state index in [-0.39, 0.29) is 42.1 Å². The van der Waals surface area contributed by atoms with Crippen LogP contribution in [-0.4, -0.2) is 52.0 Å². The summed E-state index contributed by atoms with van der Waals surface area (Å²) in [6.45, 7) is 3.23. The molecule has 2 N–H and O–H groups in total. The molecule has 0 aliphatic carbocycles. The summed E-state index contributed by atoms with van der Waals surface area (Å²) in [7, 11) is 1.66. The molecule has 25 heavy (non-hydrogen) atoms. The van der Waals surface area contributed by atoms with Crippen LogP contribution in [0.2, 0.25) is 0 Å². The van der Waals surface area contributed by atoms with Crippen LogP contribution < -0.4 is 10.6 Å². The average molecular weight is 469 g/mol. The van der Waals surface area contributed by atoms with E-state index < -0.39 is 11.6 Å². The molecule has 0 aromatic heterocycles. The van der Waals surface area contributed by atoms with Gasteiger partial charge in [-0.25, -0.2) is 8.78 Å². The number of ether oxygens (including phenoxy) is 2. The normalized spacial score (nSPS) is 17.2. The number of rotatable bonds is 8. The van der Waals surface area contributed by atoms with E-state index in [1.165, 1.54) is 18.2 Å². The molecule has 0 radical (unpaired) electrons. The maximum atomic E-state index is 13.5. The predicted molar refractivity (Wildman–Crippen MR) is 105 cm³/mol. The number of nitrogens with one attached hydrogen (secondary N) is 2. The minimum absolute atomic E-state index is 0. The van der Waals surface area contributed by atoms with Crippen molar-refractivity contribution >= 4 is 29.9 Å². The molecular weight excluding hydrogens is 443 g/mol. The monoisotopic (exact) mass is 469 g/mol. The van der Waals surface area contributed by atoms with Gasteiger partial charge in [-0.1, -0.05) is 6.07 Å². The van der Waals surface area contributed by atoms with Crippen molar-refractivity contribution < 1.29 is 18.3 Å². The SMILES string of the molecule is CN=C(NCCCOC1CCOC1)NCCc1c(F)cccc1F.I. The molecule has 1 aromatic rings. The summed E-state index contributed by atoms with van der Waals surface area (Å²) in [6, 6.07) is 3.89. The minimum atomic E-state index is -0.521. The maximum absolute atomic E-state index is 13.5. The average Bonchev–Trinajstić information content (AvgIpc) is 3.08. The van der Waals surface area contributed by atoms with Crippen LogP contribution in [0.1, 0.15) is 18.4 Å². The van der Waals surface area contributed by atoms with Crippen LogP contribution in [0.4, 0.5) is 8.78 Å². The van der Waals surface area contributed by atoms with E-state index in [0.29, 0.717) is 32.3 Å². The highest BCUT2D eigenvalue weighted by Gasteiger charge is 2.15. The number of guanidine groups is 1. The van der Waals surface area contributed by atoms with Gasteiger partial charge in [0.25, 0.3) is 0 Å². The number of hydrogen-bond donors (Lipinski definition) is 2. The molecule has 1 aliphatic rings. The van der Waals surface area contributed by atoms with Crippen molar-refractivity contribution in [3.63, 3.8) is 0 Å². The summed E-state index contributed by atoms with van der Waals surface area (Å²) in [5.74, 6) is -0.434. The first-order valence-corrected chi connectivity index (χ1v) is 8.27. The van der Waals surface area contributed by atoms with Gasteiger partial charge in [-0.15, -0.1) is 24.0 Å². The molecule has 8 heteroatoms. The second kappa shape index (κ2) is 12.4. The van der Waals surface area contributed by atoms with Crippen LogP contribution in [-0.2, 0) is 15.9 Å². The van der Waals surface area contributed by atoms with Crippen LogP contribution in [0.25, 0.3) is 0 Å². The lowest BCUT2D eigenvalue weighted by Crippen LogP contribution is -2.39. The van der Waals surface area contributed by atoms with Crippen molar-refractivity contribution in [2.45, 2.75) is 25.4 Å². The molecule has 1 aliphatic heterocycles. The van der Waals surface area contributed by atoms with E-state index in [1.54, 1.807) is 7.05 Å². The zero-order chi connectivity index (χ0) is 17.2. The molecule has 1 heterocycles. The Morgan fingerprint density at radius 2 is 2.00 bits per heavy atom. The highest BCUT2D eigenvalue weighted by atomic mass is 127. The number of benzene rings is 1. The highest BCUT2D eigenvalue weighted by Crippen LogP contribution is 2.12. The Bertz CT molecular complexity index is 520. The lowest BCUT2D eigenvalue weighted by Gasteiger charge is -2.13. The summed E-state index contributed by atoms with van der Waals surface area (Å²) < 4.78 is 38.0. The Balaban J connectivity index is 0.00000312. The lowest BCUT2D eigenvalue weighted by molar-refractivity contribution is 0.0420. The number of nitrogens with zero attached hydrogens (tertiary/aromatic N) is 1. The van der Waals surface area contributed by atoms with Gasteiger partial charge in [-0.2, -0.15) is 0 Å². The van der Waals surface area contributed by atoms with Crippen molar-refractivity contribution in [1.82, 2.24) is 10.6 Å². The summed E-state index contributed by atoms with van der Waals surface area (Å²) in [5.41, 5.74) is 0.0904. The molecule has 0 saturated carbocycles. The second-order valence-electron chi connectivity index (χ2n) is 5.59. The zero-order valence-corrected chi connectivity index (χ0v) is 16.7. The van der Waals surface area contributed by atoms with Gasteiger partial charge in [0.1, 0.15) is 11.6 Å². The van der Waals surface area contributed by atoms with Gasteiger partial charge in [0.2, 0.25) is 0 Å². The molecule has 1 aromatic carbocycles. The zero-order valence-electron chi connectivity index (χ0n) is 14.4. The van der Waals surface area contributed by atoms with Crippen LogP contribution >= 0.6 is 24.0 Å². The maximum Gasteiger partial charge on any atom is 0.190 e. The van der Waals surface area contributed by atoms with Crippen molar-refractivity contribution in [2.75, 3.05) is 40.0 Å². The molecule has 2 rings (SSSR count). The first-order chi connectivity index (χ1) is 11.7. The van der Waals surface area contributed by atoms with Crippen molar-refractivity contribution in [3.05, 3.63) is 35.4 Å². The third-order valence-electron chi connectivity index (χ3n) is 3.81. The Labute approximate surface area is 164 Å². The topological polar surface area (TPSA) is 54.9 Å². The van der Waals surface area contributed by atoms with E-state index >= 15 is 0 Å². The summed E-state index contributed by atoms with van der Waals surface area (Å²) in [4.78, 5) is 4.09. The van der Waals surface area contributed by atoms with Crippen LogP contribution in [0, 0.1) is 11.6 Å². The van der Waals surface area contributed by atoms with Crippen LogP contribution in [0.3, 0.4) is 0 Å². The van der Waals surface area contributed by atoms with Gasteiger partial charge in [-0.05, 0) is 31.4 Å². The fourth-order valence-electron chi connectivity index (χ4n) is 2.47. The molecule has 1 atom stereocenters. The molecule has 0 amide bonds. The molecule has 1 saturated heterocycles. The van der Waals surface area contributed by atoms with E-state index in [2.05, 4.69) is 15.6 Å². The quantitative estimate of drug-likeness (QED) is 0.266. The summed E-state index contributed by atoms with van der Waals surface area (Å²) >= 11 is 0. The smallest absolute Gasteiger partial charge is 0.190 e. The molecule has 5 nitrogen and oxygen atoms in total. The second-order valence-corrected chi connectivity index (χ2v) is 5.59. The highest BCUT2D eigenvalue weighted by molar-refractivity contribution is 14.0. The van der Waals surface area contributed by atoms with Crippen molar-refractivity contribution in [1.29, 1.82) is 0 Å². The van der Waals surface area contributed by atoms with E-state index in [9.17, 15) is 8.78 Å². The largest absolute Gasteiger partial charge is 0.379 e. The Hall–Kier alpha value is -1.000. The van der Waals surface area contributed by atoms with E-state index in [4.69, 9.17) is 9.47 Å². The van der Waals surface area contributed by atoms with Crippen LogP contribution in [0.15, 0.2) is 23.2 Å². The lowest BCUT2D eigenvalue weighted by atomic mass is 10.1. The van der Waals surface area contributed by atoms with Crippen molar-refractivity contribution in [3.8, 4) is 0 Å². The van der Waals surface area contributed by atoms with Crippen molar-refractivity contribution in [2.24, 2.45) is 4.99 Å². The summed E-state index contributed by atoms with van der Waals surface area (Å²) in [5, 5.41) is 6.20. The van der Waals surface area contributed by atoms with Gasteiger partial charge in [0.15, 0.2) is 5.96 Å². The van der Waals surface area contributed by atoms with Gasteiger partial charge < -0.3 is 20.1 Å². The molecular formula is C17H26F2IN3O2. The van der Waals surface area contributed by atoms with Gasteiger partial charge in [0.05, 0.1) is 12.7 Å². The number of aliphatic imine (C=N–C) groups is 1. The Kier molecular flexibility index (Phi) is 10.9. The molecule has 142 valence electrons.